The molecule has 0 amide bonds. The fourth-order valence-corrected chi connectivity index (χ4v) is 9.52. The Morgan fingerprint density at radius 2 is 1.88 bits per heavy atom. The van der Waals surface area contributed by atoms with E-state index in [1.54, 1.807) is 0 Å². The maximum absolute atomic E-state index is 11.8. The Morgan fingerprint density at radius 1 is 1.15 bits per heavy atom. The van der Waals surface area contributed by atoms with Crippen LogP contribution in [0.15, 0.2) is 11.6 Å². The van der Waals surface area contributed by atoms with Crippen molar-refractivity contribution in [3.63, 3.8) is 0 Å². The van der Waals surface area contributed by atoms with E-state index in [1.807, 2.05) is 13.8 Å². The smallest absolute Gasteiger partial charge is 0.390 e. The zero-order chi connectivity index (χ0) is 24.9. The van der Waals surface area contributed by atoms with Gasteiger partial charge in [-0.3, -0.25) is 4.18 Å². The van der Waals surface area contributed by atoms with Crippen molar-refractivity contribution in [3.8, 4) is 0 Å². The second kappa shape index (κ2) is 9.46. The zero-order valence-corrected chi connectivity index (χ0v) is 23.1. The molecule has 0 heterocycles. The number of rotatable bonds is 8. The molecule has 0 bridgehead atoms. The summed E-state index contributed by atoms with van der Waals surface area (Å²) in [5.74, 6) is 3.76. The molecular formula is C28H48O5S. The minimum atomic E-state index is -3.89. The maximum atomic E-state index is 11.8. The van der Waals surface area contributed by atoms with Crippen LogP contribution >= 0.6 is 0 Å². The van der Waals surface area contributed by atoms with Gasteiger partial charge >= 0.3 is 10.4 Å². The second-order valence-corrected chi connectivity index (χ2v) is 14.5. The quantitative estimate of drug-likeness (QED) is 0.393. The molecule has 0 spiro atoms. The predicted molar refractivity (Wildman–Crippen MR) is 135 cm³/mol. The van der Waals surface area contributed by atoms with Crippen LogP contribution in [-0.4, -0.2) is 32.3 Å². The predicted octanol–water partition coefficient (Wildman–Crippen LogP) is 6.42. The Labute approximate surface area is 208 Å². The molecule has 0 saturated heterocycles. The van der Waals surface area contributed by atoms with E-state index in [0.29, 0.717) is 17.8 Å². The lowest BCUT2D eigenvalue weighted by Gasteiger charge is -2.58. The van der Waals surface area contributed by atoms with E-state index in [2.05, 4.69) is 31.0 Å². The Bertz CT molecular complexity index is 874. The van der Waals surface area contributed by atoms with E-state index < -0.39 is 16.0 Å². The van der Waals surface area contributed by atoms with Crippen LogP contribution < -0.4 is 0 Å². The zero-order valence-electron chi connectivity index (χ0n) is 22.3. The summed E-state index contributed by atoms with van der Waals surface area (Å²) in [6.45, 7) is 11.4. The lowest BCUT2D eigenvalue weighted by atomic mass is 9.47. The van der Waals surface area contributed by atoms with Crippen LogP contribution in [0.5, 0.6) is 0 Å². The highest BCUT2D eigenvalue weighted by atomic mass is 32.3. The molecule has 1 N–H and O–H groups in total. The molecule has 0 aliphatic heterocycles. The van der Waals surface area contributed by atoms with Crippen molar-refractivity contribution in [2.75, 3.05) is 7.11 Å². The molecule has 4 aliphatic rings. The molecule has 34 heavy (non-hydrogen) atoms. The third-order valence-corrected chi connectivity index (χ3v) is 11.6. The first kappa shape index (κ1) is 26.6. The highest BCUT2D eigenvalue weighted by Crippen LogP contribution is 2.67. The van der Waals surface area contributed by atoms with E-state index in [-0.39, 0.29) is 11.5 Å². The summed E-state index contributed by atoms with van der Waals surface area (Å²) in [5, 5.41) is 10.1. The molecule has 3 unspecified atom stereocenters. The van der Waals surface area contributed by atoms with Crippen LogP contribution in [0.25, 0.3) is 0 Å². The Hall–Kier alpha value is -0.430. The summed E-state index contributed by atoms with van der Waals surface area (Å²) in [6, 6.07) is 0. The van der Waals surface area contributed by atoms with Crippen LogP contribution in [0.3, 0.4) is 0 Å². The second-order valence-electron chi connectivity index (χ2n) is 13.2. The van der Waals surface area contributed by atoms with E-state index in [4.69, 9.17) is 4.18 Å². The maximum Gasteiger partial charge on any atom is 0.399 e. The average Bonchev–Trinajstić information content (AvgIpc) is 3.10. The third-order valence-electron chi connectivity index (χ3n) is 10.7. The van der Waals surface area contributed by atoms with E-state index in [1.165, 1.54) is 37.7 Å². The molecule has 6 heteroatoms. The molecule has 0 aromatic heterocycles. The van der Waals surface area contributed by atoms with Crippen LogP contribution in [0.4, 0.5) is 0 Å². The van der Waals surface area contributed by atoms with E-state index in [0.717, 1.165) is 62.9 Å². The lowest BCUT2D eigenvalue weighted by molar-refractivity contribution is -0.0564. The summed E-state index contributed by atoms with van der Waals surface area (Å²) >= 11 is 0. The molecule has 8 atom stereocenters. The van der Waals surface area contributed by atoms with Gasteiger partial charge in [0.1, 0.15) is 0 Å². The normalized spacial score (nSPS) is 41.3. The van der Waals surface area contributed by atoms with Gasteiger partial charge in [-0.2, -0.15) is 8.42 Å². The van der Waals surface area contributed by atoms with Gasteiger partial charge in [0.05, 0.1) is 18.8 Å². The van der Waals surface area contributed by atoms with E-state index in [9.17, 15) is 13.5 Å². The van der Waals surface area contributed by atoms with Gasteiger partial charge in [0, 0.05) is 0 Å². The first-order valence-corrected chi connectivity index (χ1v) is 15.0. The largest absolute Gasteiger partial charge is 0.399 e. The topological polar surface area (TPSA) is 72.8 Å². The molecule has 0 aromatic rings. The number of aliphatic hydroxyl groups is 1. The van der Waals surface area contributed by atoms with Crippen molar-refractivity contribution in [2.45, 2.75) is 117 Å². The van der Waals surface area contributed by atoms with Crippen LogP contribution in [0.2, 0.25) is 0 Å². The monoisotopic (exact) mass is 496 g/mol. The van der Waals surface area contributed by atoms with E-state index >= 15 is 0 Å². The number of fused-ring (bicyclic) bond motifs is 5. The minimum absolute atomic E-state index is 0.178. The molecule has 5 nitrogen and oxygen atoms in total. The molecule has 196 valence electrons. The van der Waals surface area contributed by atoms with Gasteiger partial charge in [0.15, 0.2) is 0 Å². The molecule has 3 saturated carbocycles. The molecule has 4 rings (SSSR count). The Balaban J connectivity index is 1.45. The molecular weight excluding hydrogens is 448 g/mol. The fourth-order valence-electron chi connectivity index (χ4n) is 8.95. The summed E-state index contributed by atoms with van der Waals surface area (Å²) in [5.41, 5.74) is 1.48. The van der Waals surface area contributed by atoms with Gasteiger partial charge in [0.2, 0.25) is 0 Å². The fraction of sp³-hybridized carbons (Fsp3) is 0.929. The number of allylic oxidation sites excluding steroid dienone is 1. The van der Waals surface area contributed by atoms with Gasteiger partial charge in [-0.25, -0.2) is 4.18 Å². The standard InChI is InChI=1S/C28H48O5S/c1-19(8-7-15-26(2,3)29)23-11-12-24-22-10-9-20-18-21(33-34(30,31)32-6)13-16-27(20,4)25(22)14-17-28(23,24)5/h9,19,21-25,29H,7-8,10-18H2,1-6H3/t19-,21+,22?,23-,24?,25?,27+,28-/m1/s1. The van der Waals surface area contributed by atoms with Crippen molar-refractivity contribution in [1.82, 2.24) is 0 Å². The van der Waals surface area contributed by atoms with Crippen LogP contribution in [-0.2, 0) is 18.8 Å². The van der Waals surface area contributed by atoms with Crippen LogP contribution in [0.1, 0.15) is 105 Å². The minimum Gasteiger partial charge on any atom is -0.390 e. The van der Waals surface area contributed by atoms with Crippen molar-refractivity contribution in [3.05, 3.63) is 11.6 Å². The highest BCUT2D eigenvalue weighted by molar-refractivity contribution is 7.81. The first-order chi connectivity index (χ1) is 15.8. The number of hydrogen-bond donors (Lipinski definition) is 1. The van der Waals surface area contributed by atoms with Crippen molar-refractivity contribution in [2.24, 2.45) is 40.4 Å². The lowest BCUT2D eigenvalue weighted by Crippen LogP contribution is -2.51. The van der Waals surface area contributed by atoms with Crippen LogP contribution in [0, 0.1) is 40.4 Å². The third kappa shape index (κ3) is 5.03. The molecule has 0 radical (unpaired) electrons. The molecule has 3 fully saturated rings. The Morgan fingerprint density at radius 3 is 2.56 bits per heavy atom. The Kier molecular flexibility index (Phi) is 7.41. The van der Waals surface area contributed by atoms with Gasteiger partial charge in [-0.15, -0.1) is 0 Å². The SMILES string of the molecule is COS(=O)(=O)O[C@H]1CC[C@@]2(C)C(=CCC3C2CC[C@@]2(C)C3CC[C@@H]2[C@H](C)CCCC(C)(C)O)C1. The van der Waals surface area contributed by atoms with Gasteiger partial charge in [-0.05, 0) is 112 Å². The van der Waals surface area contributed by atoms with Gasteiger partial charge < -0.3 is 5.11 Å². The van der Waals surface area contributed by atoms with Crippen molar-refractivity contribution >= 4 is 10.4 Å². The highest BCUT2D eigenvalue weighted by Gasteiger charge is 2.59. The van der Waals surface area contributed by atoms with Gasteiger partial charge in [-0.1, -0.05) is 45.3 Å². The van der Waals surface area contributed by atoms with Crippen molar-refractivity contribution in [1.29, 1.82) is 0 Å². The summed E-state index contributed by atoms with van der Waals surface area (Å²) in [6.07, 6.45) is 14.3. The number of hydrogen-bond acceptors (Lipinski definition) is 5. The first-order valence-electron chi connectivity index (χ1n) is 13.7. The molecule has 0 aromatic carbocycles. The van der Waals surface area contributed by atoms with Crippen molar-refractivity contribution < 1.29 is 21.9 Å². The summed E-state index contributed by atoms with van der Waals surface area (Å²) in [7, 11) is -2.73. The molecule has 4 aliphatic carbocycles. The summed E-state index contributed by atoms with van der Waals surface area (Å²) in [4.78, 5) is 0. The summed E-state index contributed by atoms with van der Waals surface area (Å²) < 4.78 is 33.5. The average molecular weight is 497 g/mol. The van der Waals surface area contributed by atoms with Gasteiger partial charge in [0.25, 0.3) is 0 Å².